The molecule has 0 aliphatic rings. The Morgan fingerprint density at radius 3 is 2.71 bits per heavy atom. The monoisotopic (exact) mass is 259 g/mol. The molecule has 0 aliphatic heterocycles. The van der Waals surface area contributed by atoms with E-state index in [0.717, 1.165) is 5.82 Å². The Morgan fingerprint density at radius 1 is 1.65 bits per heavy atom. The summed E-state index contributed by atoms with van der Waals surface area (Å²) in [6, 6.07) is -0.550. The van der Waals surface area contributed by atoms with E-state index in [0.29, 0.717) is 24.0 Å². The second-order valence-electron chi connectivity index (χ2n) is 4.46. The van der Waals surface area contributed by atoms with E-state index < -0.39 is 12.0 Å². The molecule has 5 nitrogen and oxygen atoms in total. The first-order chi connectivity index (χ1) is 7.91. The average molecular weight is 260 g/mol. The van der Waals surface area contributed by atoms with Gasteiger partial charge in [0.2, 0.25) is 0 Å². The lowest BCUT2D eigenvalue weighted by Crippen LogP contribution is -2.37. The van der Waals surface area contributed by atoms with Crippen molar-refractivity contribution in [2.75, 3.05) is 0 Å². The number of nitrogens with zero attached hydrogens (tertiary/aromatic N) is 2. The summed E-state index contributed by atoms with van der Waals surface area (Å²) in [7, 11) is 1.80. The van der Waals surface area contributed by atoms with Crippen LogP contribution in [0, 0.1) is 5.92 Å². The third-order valence-corrected chi connectivity index (χ3v) is 2.89. The molecule has 1 unspecified atom stereocenters. The van der Waals surface area contributed by atoms with E-state index in [1.165, 1.54) is 0 Å². The van der Waals surface area contributed by atoms with E-state index in [1.807, 2.05) is 13.8 Å². The first kappa shape index (κ1) is 14.0. The van der Waals surface area contributed by atoms with E-state index in [9.17, 15) is 4.79 Å². The Balaban J connectivity index is 2.58. The highest BCUT2D eigenvalue weighted by atomic mass is 35.5. The molecule has 17 heavy (non-hydrogen) atoms. The molecule has 1 aromatic rings. The molecule has 2 N–H and O–H groups in total. The summed E-state index contributed by atoms with van der Waals surface area (Å²) in [5.74, 6) is 0.220. The van der Waals surface area contributed by atoms with Crippen LogP contribution in [0.2, 0.25) is 5.15 Å². The quantitative estimate of drug-likeness (QED) is 0.815. The average Bonchev–Trinajstić information content (AvgIpc) is 2.54. The van der Waals surface area contributed by atoms with Crippen molar-refractivity contribution in [1.29, 1.82) is 0 Å². The van der Waals surface area contributed by atoms with Crippen molar-refractivity contribution < 1.29 is 9.90 Å². The highest BCUT2D eigenvalue weighted by Crippen LogP contribution is 2.10. The summed E-state index contributed by atoms with van der Waals surface area (Å²) in [4.78, 5) is 15.1. The van der Waals surface area contributed by atoms with Crippen molar-refractivity contribution in [3.8, 4) is 0 Å². The maximum absolute atomic E-state index is 11.0. The highest BCUT2D eigenvalue weighted by Gasteiger charge is 2.18. The second kappa shape index (κ2) is 6.02. The van der Waals surface area contributed by atoms with Crippen molar-refractivity contribution in [2.45, 2.75) is 32.9 Å². The molecule has 1 atom stereocenters. The van der Waals surface area contributed by atoms with E-state index in [1.54, 1.807) is 17.8 Å². The number of hydrogen-bond acceptors (Lipinski definition) is 3. The minimum Gasteiger partial charge on any atom is -0.480 e. The zero-order chi connectivity index (χ0) is 13.0. The molecule has 0 bridgehead atoms. The van der Waals surface area contributed by atoms with E-state index in [2.05, 4.69) is 10.3 Å². The van der Waals surface area contributed by atoms with Crippen molar-refractivity contribution in [3.63, 3.8) is 0 Å². The van der Waals surface area contributed by atoms with Crippen LogP contribution >= 0.6 is 11.6 Å². The molecule has 1 heterocycles. The summed E-state index contributed by atoms with van der Waals surface area (Å²) in [5.41, 5.74) is 0. The molecular formula is C11H18ClN3O2. The molecule has 96 valence electrons. The standard InChI is InChI=1S/C11H18ClN3O2/c1-7(2)4-8(11(16)17)13-6-10-14-5-9(12)15(10)3/h5,7-8,13H,4,6H2,1-3H3,(H,16,17). The molecule has 0 radical (unpaired) electrons. The van der Waals surface area contributed by atoms with E-state index in [4.69, 9.17) is 16.7 Å². The predicted octanol–water partition coefficient (Wildman–Crippen LogP) is 1.66. The zero-order valence-electron chi connectivity index (χ0n) is 10.3. The molecule has 0 fully saturated rings. The number of nitrogens with one attached hydrogen (secondary N) is 1. The largest absolute Gasteiger partial charge is 0.480 e. The van der Waals surface area contributed by atoms with Crippen LogP contribution in [0.15, 0.2) is 6.20 Å². The lowest BCUT2D eigenvalue weighted by atomic mass is 10.0. The summed E-state index contributed by atoms with van der Waals surface area (Å²) >= 11 is 5.85. The van der Waals surface area contributed by atoms with Crippen LogP contribution in [-0.4, -0.2) is 26.7 Å². The summed E-state index contributed by atoms with van der Waals surface area (Å²) in [6.45, 7) is 4.39. The fourth-order valence-corrected chi connectivity index (χ4v) is 1.69. The van der Waals surface area contributed by atoms with Gasteiger partial charge in [-0.3, -0.25) is 10.1 Å². The van der Waals surface area contributed by atoms with Crippen molar-refractivity contribution >= 4 is 17.6 Å². The molecule has 0 amide bonds. The van der Waals surface area contributed by atoms with Crippen LogP contribution in [0.3, 0.4) is 0 Å². The van der Waals surface area contributed by atoms with Crippen LogP contribution in [0.4, 0.5) is 0 Å². The topological polar surface area (TPSA) is 67.2 Å². The number of rotatable bonds is 6. The number of carbonyl (C=O) groups is 1. The van der Waals surface area contributed by atoms with Gasteiger partial charge in [0.05, 0.1) is 12.7 Å². The van der Waals surface area contributed by atoms with Crippen LogP contribution in [0.5, 0.6) is 0 Å². The second-order valence-corrected chi connectivity index (χ2v) is 4.84. The molecule has 0 aromatic carbocycles. The first-order valence-corrected chi connectivity index (χ1v) is 5.92. The number of carboxylic acids is 1. The molecule has 6 heteroatoms. The van der Waals surface area contributed by atoms with Crippen LogP contribution in [0.25, 0.3) is 0 Å². The smallest absolute Gasteiger partial charge is 0.320 e. The van der Waals surface area contributed by atoms with Crippen molar-refractivity contribution in [2.24, 2.45) is 13.0 Å². The van der Waals surface area contributed by atoms with Gasteiger partial charge in [0.25, 0.3) is 0 Å². The molecule has 0 aliphatic carbocycles. The first-order valence-electron chi connectivity index (χ1n) is 5.54. The van der Waals surface area contributed by atoms with Gasteiger partial charge < -0.3 is 9.67 Å². The van der Waals surface area contributed by atoms with E-state index >= 15 is 0 Å². The van der Waals surface area contributed by atoms with Gasteiger partial charge in [0, 0.05) is 7.05 Å². The lowest BCUT2D eigenvalue weighted by Gasteiger charge is -2.16. The van der Waals surface area contributed by atoms with E-state index in [-0.39, 0.29) is 0 Å². The van der Waals surface area contributed by atoms with Gasteiger partial charge in [0.1, 0.15) is 17.0 Å². The molecule has 1 rings (SSSR count). The lowest BCUT2D eigenvalue weighted by molar-refractivity contribution is -0.140. The molecule has 0 saturated carbocycles. The maximum Gasteiger partial charge on any atom is 0.320 e. The van der Waals surface area contributed by atoms with Gasteiger partial charge in [-0.25, -0.2) is 4.98 Å². The summed E-state index contributed by atoms with van der Waals surface area (Å²) in [5, 5.41) is 12.6. The van der Waals surface area contributed by atoms with Gasteiger partial charge >= 0.3 is 5.97 Å². The molecule has 0 spiro atoms. The Morgan fingerprint density at radius 2 is 2.29 bits per heavy atom. The van der Waals surface area contributed by atoms with Crippen molar-refractivity contribution in [1.82, 2.24) is 14.9 Å². The van der Waals surface area contributed by atoms with Gasteiger partial charge in [0.15, 0.2) is 0 Å². The van der Waals surface area contributed by atoms with Crippen LogP contribution in [-0.2, 0) is 18.4 Å². The van der Waals surface area contributed by atoms with Crippen molar-refractivity contribution in [3.05, 3.63) is 17.2 Å². The maximum atomic E-state index is 11.0. The Bertz CT molecular complexity index is 390. The zero-order valence-corrected chi connectivity index (χ0v) is 11.0. The van der Waals surface area contributed by atoms with Gasteiger partial charge in [-0.05, 0) is 12.3 Å². The number of aliphatic carboxylic acids is 1. The number of hydrogen-bond donors (Lipinski definition) is 2. The number of aromatic nitrogens is 2. The molecule has 1 aromatic heterocycles. The van der Waals surface area contributed by atoms with Gasteiger partial charge in [-0.2, -0.15) is 0 Å². The Labute approximate surface area is 106 Å². The Hall–Kier alpha value is -1.07. The number of imidazole rings is 1. The SMILES string of the molecule is CC(C)CC(NCc1ncc(Cl)n1C)C(=O)O. The van der Waals surface area contributed by atoms with Crippen LogP contribution in [0.1, 0.15) is 26.1 Å². The predicted molar refractivity (Wildman–Crippen MR) is 65.9 cm³/mol. The van der Waals surface area contributed by atoms with Crippen LogP contribution < -0.4 is 5.32 Å². The fraction of sp³-hybridized carbons (Fsp3) is 0.636. The highest BCUT2D eigenvalue weighted by molar-refractivity contribution is 6.29. The third-order valence-electron chi connectivity index (χ3n) is 2.54. The fourth-order valence-electron chi connectivity index (χ4n) is 1.55. The minimum absolute atomic E-state index is 0.327. The molecular weight excluding hydrogens is 242 g/mol. The number of carboxylic acid groups (broad SMARTS) is 1. The normalized spacial score (nSPS) is 13.0. The number of halogens is 1. The minimum atomic E-state index is -0.834. The van der Waals surface area contributed by atoms with Gasteiger partial charge in [-0.15, -0.1) is 0 Å². The summed E-state index contributed by atoms with van der Waals surface area (Å²) < 4.78 is 1.73. The van der Waals surface area contributed by atoms with Gasteiger partial charge in [-0.1, -0.05) is 25.4 Å². The third kappa shape index (κ3) is 4.02. The summed E-state index contributed by atoms with van der Waals surface area (Å²) in [6.07, 6.45) is 2.14. The molecule has 0 saturated heterocycles. The Kier molecular flexibility index (Phi) is 4.96.